The molecule has 3 nitrogen and oxygen atoms in total. The summed E-state index contributed by atoms with van der Waals surface area (Å²) in [6.45, 7) is 0.934. The predicted octanol–water partition coefficient (Wildman–Crippen LogP) is 4.29. The first-order chi connectivity index (χ1) is 10.1. The van der Waals surface area contributed by atoms with Crippen LogP contribution in [0.4, 0.5) is 5.69 Å². The van der Waals surface area contributed by atoms with Crippen LogP contribution in [0.15, 0.2) is 46.3 Å². The number of hydrogen-bond acceptors (Lipinski definition) is 3. The molecule has 0 aliphatic carbocycles. The Morgan fingerprint density at radius 3 is 2.86 bits per heavy atom. The first kappa shape index (κ1) is 15.8. The molecular formula is C16H16BrNO2S. The van der Waals surface area contributed by atoms with Crippen LogP contribution in [0.2, 0.25) is 0 Å². The van der Waals surface area contributed by atoms with Gasteiger partial charge in [0, 0.05) is 29.0 Å². The van der Waals surface area contributed by atoms with Crippen LogP contribution in [0.1, 0.15) is 10.4 Å². The number of aliphatic carboxylic acids is 1. The van der Waals surface area contributed by atoms with Crippen molar-refractivity contribution in [2.45, 2.75) is 6.42 Å². The van der Waals surface area contributed by atoms with E-state index in [1.807, 2.05) is 18.2 Å². The molecule has 0 spiro atoms. The van der Waals surface area contributed by atoms with E-state index in [2.05, 4.69) is 45.4 Å². The zero-order chi connectivity index (χ0) is 15.2. The number of nitrogens with zero attached hydrogens (tertiary/aromatic N) is 1. The van der Waals surface area contributed by atoms with Crippen LogP contribution in [0.3, 0.4) is 0 Å². The smallest absolute Gasteiger partial charge is 0.328 e. The van der Waals surface area contributed by atoms with E-state index in [1.54, 1.807) is 17.4 Å². The fraction of sp³-hybridized carbons (Fsp3) is 0.188. The highest BCUT2D eigenvalue weighted by atomic mass is 79.9. The molecule has 1 heterocycles. The van der Waals surface area contributed by atoms with Gasteiger partial charge in [0.25, 0.3) is 0 Å². The monoisotopic (exact) mass is 365 g/mol. The molecule has 0 atom stereocenters. The number of carboxylic acid groups (broad SMARTS) is 1. The summed E-state index contributed by atoms with van der Waals surface area (Å²) in [5, 5.41) is 10.7. The van der Waals surface area contributed by atoms with Gasteiger partial charge in [0.1, 0.15) is 0 Å². The zero-order valence-electron chi connectivity index (χ0n) is 11.6. The summed E-state index contributed by atoms with van der Waals surface area (Å²) in [5.74, 6) is -0.941. The van der Waals surface area contributed by atoms with Crippen molar-refractivity contribution >= 4 is 45.0 Å². The normalized spacial score (nSPS) is 11.0. The summed E-state index contributed by atoms with van der Waals surface area (Å²) in [6, 6.07) is 10.1. The van der Waals surface area contributed by atoms with Crippen LogP contribution in [0, 0.1) is 0 Å². The van der Waals surface area contributed by atoms with Gasteiger partial charge >= 0.3 is 5.97 Å². The van der Waals surface area contributed by atoms with Crippen molar-refractivity contribution in [1.82, 2.24) is 0 Å². The van der Waals surface area contributed by atoms with Gasteiger partial charge in [-0.25, -0.2) is 4.79 Å². The Labute approximate surface area is 136 Å². The molecule has 0 radical (unpaired) electrons. The summed E-state index contributed by atoms with van der Waals surface area (Å²) in [4.78, 5) is 14.1. The van der Waals surface area contributed by atoms with Crippen LogP contribution in [-0.4, -0.2) is 24.7 Å². The molecule has 2 aromatic rings. The number of halogens is 1. The van der Waals surface area contributed by atoms with E-state index in [0.29, 0.717) is 0 Å². The lowest BCUT2D eigenvalue weighted by Crippen LogP contribution is -2.20. The Morgan fingerprint density at radius 1 is 1.43 bits per heavy atom. The standard InChI is InChI=1S/C16H16BrNO2S/c1-18(9-8-13-3-2-10-21-13)15-6-4-12(11-14(15)17)5-7-16(19)20/h2-7,10-11H,8-9H2,1H3,(H,19,20)/b7-5+. The number of likely N-dealkylation sites (N-methyl/N-ethyl adjacent to an activating group) is 1. The number of carboxylic acids is 1. The summed E-state index contributed by atoms with van der Waals surface area (Å²) in [6.07, 6.45) is 3.74. The molecule has 110 valence electrons. The molecule has 1 N–H and O–H groups in total. The number of thiophene rings is 1. The average molecular weight is 366 g/mol. The lowest BCUT2D eigenvalue weighted by molar-refractivity contribution is -0.131. The van der Waals surface area contributed by atoms with Gasteiger partial charge in [0.15, 0.2) is 0 Å². The van der Waals surface area contributed by atoms with Crippen LogP contribution < -0.4 is 4.90 Å². The van der Waals surface area contributed by atoms with E-state index >= 15 is 0 Å². The molecule has 0 bridgehead atoms. The second-order valence-corrected chi connectivity index (χ2v) is 6.52. The molecule has 0 fully saturated rings. The number of hydrogen-bond donors (Lipinski definition) is 1. The molecule has 5 heteroatoms. The minimum atomic E-state index is -0.941. The van der Waals surface area contributed by atoms with Gasteiger partial charge in [-0.3, -0.25) is 0 Å². The summed E-state index contributed by atoms with van der Waals surface area (Å²) < 4.78 is 0.962. The highest BCUT2D eigenvalue weighted by molar-refractivity contribution is 9.10. The molecule has 0 saturated carbocycles. The van der Waals surface area contributed by atoms with E-state index < -0.39 is 5.97 Å². The fourth-order valence-corrected chi connectivity index (χ4v) is 3.35. The second kappa shape index (κ2) is 7.43. The quantitative estimate of drug-likeness (QED) is 0.776. The number of benzene rings is 1. The Bertz CT molecular complexity index is 638. The predicted molar refractivity (Wildman–Crippen MR) is 92.1 cm³/mol. The molecule has 0 saturated heterocycles. The number of carbonyl (C=O) groups is 1. The van der Waals surface area contributed by atoms with Gasteiger partial charge in [-0.05, 0) is 57.6 Å². The van der Waals surface area contributed by atoms with E-state index in [0.717, 1.165) is 34.8 Å². The van der Waals surface area contributed by atoms with Crippen molar-refractivity contribution in [2.75, 3.05) is 18.5 Å². The van der Waals surface area contributed by atoms with E-state index in [9.17, 15) is 4.79 Å². The minimum absolute atomic E-state index is 0.861. The Morgan fingerprint density at radius 2 is 2.24 bits per heavy atom. The van der Waals surface area contributed by atoms with E-state index in [4.69, 9.17) is 5.11 Å². The van der Waals surface area contributed by atoms with Gasteiger partial charge < -0.3 is 10.0 Å². The molecule has 1 aromatic carbocycles. The third kappa shape index (κ3) is 4.72. The lowest BCUT2D eigenvalue weighted by atomic mass is 10.2. The Balaban J connectivity index is 2.03. The molecule has 0 unspecified atom stereocenters. The van der Waals surface area contributed by atoms with Crippen molar-refractivity contribution in [3.05, 3.63) is 56.7 Å². The maximum Gasteiger partial charge on any atom is 0.328 e. The van der Waals surface area contributed by atoms with Crippen LogP contribution in [0.5, 0.6) is 0 Å². The van der Waals surface area contributed by atoms with Crippen molar-refractivity contribution in [3.8, 4) is 0 Å². The van der Waals surface area contributed by atoms with Gasteiger partial charge in [0.2, 0.25) is 0 Å². The molecule has 2 rings (SSSR count). The van der Waals surface area contributed by atoms with Crippen LogP contribution in [-0.2, 0) is 11.2 Å². The Hall–Kier alpha value is -1.59. The van der Waals surface area contributed by atoms with Gasteiger partial charge in [0.05, 0.1) is 5.69 Å². The van der Waals surface area contributed by atoms with Crippen LogP contribution >= 0.6 is 27.3 Å². The largest absolute Gasteiger partial charge is 0.478 e. The average Bonchev–Trinajstić information content (AvgIpc) is 2.96. The minimum Gasteiger partial charge on any atom is -0.478 e. The SMILES string of the molecule is CN(CCc1cccs1)c1ccc(/C=C/C(=O)O)cc1Br. The van der Waals surface area contributed by atoms with Crippen molar-refractivity contribution in [1.29, 1.82) is 0 Å². The van der Waals surface area contributed by atoms with Crippen molar-refractivity contribution in [3.63, 3.8) is 0 Å². The van der Waals surface area contributed by atoms with E-state index in [-0.39, 0.29) is 0 Å². The first-order valence-electron chi connectivity index (χ1n) is 6.50. The highest BCUT2D eigenvalue weighted by Crippen LogP contribution is 2.27. The van der Waals surface area contributed by atoms with Crippen molar-refractivity contribution < 1.29 is 9.90 Å². The maximum atomic E-state index is 10.5. The fourth-order valence-electron chi connectivity index (χ4n) is 1.96. The van der Waals surface area contributed by atoms with E-state index in [1.165, 1.54) is 4.88 Å². The van der Waals surface area contributed by atoms with Gasteiger partial charge in [-0.1, -0.05) is 12.1 Å². The molecule has 1 aromatic heterocycles. The number of rotatable bonds is 6. The van der Waals surface area contributed by atoms with Gasteiger partial charge in [-0.2, -0.15) is 0 Å². The van der Waals surface area contributed by atoms with Crippen molar-refractivity contribution in [2.24, 2.45) is 0 Å². The summed E-state index contributed by atoms with van der Waals surface area (Å²) >= 11 is 5.33. The lowest BCUT2D eigenvalue weighted by Gasteiger charge is -2.20. The molecule has 0 amide bonds. The third-order valence-electron chi connectivity index (χ3n) is 3.08. The highest BCUT2D eigenvalue weighted by Gasteiger charge is 2.06. The second-order valence-electron chi connectivity index (χ2n) is 4.63. The third-order valence-corrected chi connectivity index (χ3v) is 4.65. The summed E-state index contributed by atoms with van der Waals surface area (Å²) in [7, 11) is 2.06. The molecule has 21 heavy (non-hydrogen) atoms. The zero-order valence-corrected chi connectivity index (χ0v) is 14.0. The molecule has 0 aliphatic rings. The summed E-state index contributed by atoms with van der Waals surface area (Å²) in [5.41, 5.74) is 1.96. The van der Waals surface area contributed by atoms with Crippen LogP contribution in [0.25, 0.3) is 6.08 Å². The molecule has 0 aliphatic heterocycles. The first-order valence-corrected chi connectivity index (χ1v) is 8.17. The Kier molecular flexibility index (Phi) is 5.59. The number of anilines is 1. The topological polar surface area (TPSA) is 40.5 Å². The molecular weight excluding hydrogens is 350 g/mol. The van der Waals surface area contributed by atoms with Gasteiger partial charge in [-0.15, -0.1) is 11.3 Å². The maximum absolute atomic E-state index is 10.5.